The normalized spacial score (nSPS) is 18.0. The smallest absolute Gasteiger partial charge is 0.125 e. The largest absolute Gasteiger partial charge is 0.486 e. The van der Waals surface area contributed by atoms with Gasteiger partial charge in [0.25, 0.3) is 0 Å². The average Bonchev–Trinajstić information content (AvgIpc) is 2.55. The van der Waals surface area contributed by atoms with Crippen LogP contribution in [-0.2, 0) is 6.54 Å². The Kier molecular flexibility index (Phi) is 4.56. The van der Waals surface area contributed by atoms with E-state index in [4.69, 9.17) is 4.74 Å². The molecule has 0 heterocycles. The highest BCUT2D eigenvalue weighted by atomic mass is 16.5. The van der Waals surface area contributed by atoms with Crippen molar-refractivity contribution < 1.29 is 4.74 Å². The summed E-state index contributed by atoms with van der Waals surface area (Å²) in [6.45, 7) is 3.95. The van der Waals surface area contributed by atoms with Gasteiger partial charge in [0.05, 0.1) is 0 Å². The quantitative estimate of drug-likeness (QED) is 0.818. The lowest BCUT2D eigenvalue weighted by Gasteiger charge is -2.21. The molecule has 1 atom stereocenters. The molecule has 1 unspecified atom stereocenters. The van der Waals surface area contributed by atoms with Crippen LogP contribution in [0.15, 0.2) is 48.6 Å². The van der Waals surface area contributed by atoms with Crippen molar-refractivity contribution in [1.29, 1.82) is 0 Å². The third-order valence-corrected chi connectivity index (χ3v) is 4.04. The summed E-state index contributed by atoms with van der Waals surface area (Å²) in [5, 5.41) is 6.00. The zero-order valence-electron chi connectivity index (χ0n) is 12.6. The lowest BCUT2D eigenvalue weighted by Crippen LogP contribution is -2.18. The van der Waals surface area contributed by atoms with Gasteiger partial charge in [-0.3, -0.25) is 0 Å². The molecule has 0 saturated heterocycles. The van der Waals surface area contributed by atoms with Crippen LogP contribution in [0.1, 0.15) is 31.7 Å². The van der Waals surface area contributed by atoms with E-state index in [2.05, 4.69) is 60.8 Å². The molecular formula is C19H23NO. The van der Waals surface area contributed by atoms with E-state index < -0.39 is 0 Å². The molecule has 0 aromatic heterocycles. The van der Waals surface area contributed by atoms with Gasteiger partial charge in [-0.1, -0.05) is 43.3 Å². The second-order valence-electron chi connectivity index (χ2n) is 5.56. The molecule has 1 aliphatic carbocycles. The van der Waals surface area contributed by atoms with E-state index >= 15 is 0 Å². The third kappa shape index (κ3) is 3.27. The van der Waals surface area contributed by atoms with Crippen molar-refractivity contribution in [2.75, 3.05) is 6.54 Å². The molecule has 0 bridgehead atoms. The molecule has 0 radical (unpaired) electrons. The predicted octanol–water partition coefficient (Wildman–Crippen LogP) is 4.44. The Bertz CT molecular complexity index is 632. The summed E-state index contributed by atoms with van der Waals surface area (Å²) in [5.41, 5.74) is 1.27. The van der Waals surface area contributed by atoms with Gasteiger partial charge in [0.2, 0.25) is 0 Å². The summed E-state index contributed by atoms with van der Waals surface area (Å²) >= 11 is 0. The van der Waals surface area contributed by atoms with Crippen molar-refractivity contribution in [3.8, 4) is 5.75 Å². The van der Waals surface area contributed by atoms with Crippen LogP contribution < -0.4 is 10.1 Å². The van der Waals surface area contributed by atoms with Crippen LogP contribution in [0, 0.1) is 0 Å². The highest BCUT2D eigenvalue weighted by molar-refractivity contribution is 5.87. The van der Waals surface area contributed by atoms with Gasteiger partial charge in [0.15, 0.2) is 0 Å². The van der Waals surface area contributed by atoms with Crippen LogP contribution in [-0.4, -0.2) is 12.6 Å². The molecule has 0 aliphatic heterocycles. The van der Waals surface area contributed by atoms with E-state index in [-0.39, 0.29) is 6.10 Å². The molecule has 110 valence electrons. The summed E-state index contributed by atoms with van der Waals surface area (Å²) in [4.78, 5) is 0. The maximum Gasteiger partial charge on any atom is 0.125 e. The van der Waals surface area contributed by atoms with Gasteiger partial charge in [-0.2, -0.15) is 0 Å². The summed E-state index contributed by atoms with van der Waals surface area (Å²) in [5.74, 6) is 1.02. The maximum atomic E-state index is 6.26. The summed E-state index contributed by atoms with van der Waals surface area (Å²) in [6.07, 6.45) is 8.18. The number of allylic oxidation sites excluding steroid dienone is 1. The molecule has 2 heteroatoms. The SMILES string of the molecule is CCNCc1c(OC2C=CCCC2)ccc2ccccc12. The number of hydrogen-bond donors (Lipinski definition) is 1. The fourth-order valence-electron chi connectivity index (χ4n) is 2.90. The summed E-state index contributed by atoms with van der Waals surface area (Å²) in [6, 6.07) is 12.8. The minimum Gasteiger partial charge on any atom is -0.486 e. The van der Waals surface area contributed by atoms with E-state index in [1.54, 1.807) is 0 Å². The van der Waals surface area contributed by atoms with Crippen LogP contribution in [0.3, 0.4) is 0 Å². The van der Waals surface area contributed by atoms with Crippen LogP contribution in [0.4, 0.5) is 0 Å². The number of hydrogen-bond acceptors (Lipinski definition) is 2. The fraction of sp³-hybridized carbons (Fsp3) is 0.368. The molecule has 0 saturated carbocycles. The number of ether oxygens (including phenoxy) is 1. The first kappa shape index (κ1) is 14.2. The van der Waals surface area contributed by atoms with Gasteiger partial charge in [0, 0.05) is 12.1 Å². The Morgan fingerprint density at radius 3 is 2.90 bits per heavy atom. The maximum absolute atomic E-state index is 6.26. The highest BCUT2D eigenvalue weighted by Gasteiger charge is 2.14. The lowest BCUT2D eigenvalue weighted by molar-refractivity contribution is 0.228. The Morgan fingerprint density at radius 1 is 1.19 bits per heavy atom. The van der Waals surface area contributed by atoms with Crippen LogP contribution in [0.5, 0.6) is 5.75 Å². The van der Waals surface area contributed by atoms with E-state index in [1.165, 1.54) is 29.2 Å². The van der Waals surface area contributed by atoms with Gasteiger partial charge in [-0.05, 0) is 48.7 Å². The van der Waals surface area contributed by atoms with Crippen LogP contribution >= 0.6 is 0 Å². The Labute approximate surface area is 126 Å². The molecule has 0 fully saturated rings. The van der Waals surface area contributed by atoms with E-state index in [0.717, 1.165) is 25.3 Å². The Hall–Kier alpha value is -1.80. The van der Waals surface area contributed by atoms with Crippen molar-refractivity contribution >= 4 is 10.8 Å². The second kappa shape index (κ2) is 6.77. The molecule has 1 N–H and O–H groups in total. The highest BCUT2D eigenvalue weighted by Crippen LogP contribution is 2.30. The number of rotatable bonds is 5. The first-order chi connectivity index (χ1) is 10.4. The van der Waals surface area contributed by atoms with Crippen molar-refractivity contribution in [1.82, 2.24) is 5.32 Å². The Morgan fingerprint density at radius 2 is 2.10 bits per heavy atom. The predicted molar refractivity (Wildman–Crippen MR) is 88.7 cm³/mol. The fourth-order valence-corrected chi connectivity index (χ4v) is 2.90. The number of fused-ring (bicyclic) bond motifs is 1. The standard InChI is InChI=1S/C19H23NO/c1-2-20-14-18-17-11-7-6-8-15(17)12-13-19(18)21-16-9-4-3-5-10-16/h4,6-9,11-13,16,20H,2-3,5,10,14H2,1H3. The minimum absolute atomic E-state index is 0.222. The molecule has 2 aromatic carbocycles. The molecule has 0 amide bonds. The van der Waals surface area contributed by atoms with E-state index in [9.17, 15) is 0 Å². The molecule has 2 aromatic rings. The van der Waals surface area contributed by atoms with Gasteiger partial charge in [-0.15, -0.1) is 0 Å². The first-order valence-corrected chi connectivity index (χ1v) is 7.93. The number of benzene rings is 2. The minimum atomic E-state index is 0.222. The zero-order valence-corrected chi connectivity index (χ0v) is 12.6. The van der Waals surface area contributed by atoms with Crippen molar-refractivity contribution in [3.05, 3.63) is 54.1 Å². The van der Waals surface area contributed by atoms with Gasteiger partial charge in [-0.25, -0.2) is 0 Å². The molecule has 3 rings (SSSR count). The zero-order chi connectivity index (χ0) is 14.5. The average molecular weight is 281 g/mol. The monoisotopic (exact) mass is 281 g/mol. The van der Waals surface area contributed by atoms with Gasteiger partial charge in [0.1, 0.15) is 11.9 Å². The molecule has 0 spiro atoms. The second-order valence-corrected chi connectivity index (χ2v) is 5.56. The Balaban J connectivity index is 1.95. The van der Waals surface area contributed by atoms with Crippen molar-refractivity contribution in [2.24, 2.45) is 0 Å². The van der Waals surface area contributed by atoms with Crippen molar-refractivity contribution in [3.63, 3.8) is 0 Å². The third-order valence-electron chi connectivity index (χ3n) is 4.04. The van der Waals surface area contributed by atoms with Crippen molar-refractivity contribution in [2.45, 2.75) is 38.8 Å². The van der Waals surface area contributed by atoms with Gasteiger partial charge >= 0.3 is 0 Å². The van der Waals surface area contributed by atoms with Crippen LogP contribution in [0.2, 0.25) is 0 Å². The molecule has 21 heavy (non-hydrogen) atoms. The lowest BCUT2D eigenvalue weighted by atomic mass is 10.0. The summed E-state index contributed by atoms with van der Waals surface area (Å²) in [7, 11) is 0. The van der Waals surface area contributed by atoms with Gasteiger partial charge < -0.3 is 10.1 Å². The van der Waals surface area contributed by atoms with E-state index in [1.807, 2.05) is 0 Å². The topological polar surface area (TPSA) is 21.3 Å². The summed E-state index contributed by atoms with van der Waals surface area (Å²) < 4.78 is 6.26. The van der Waals surface area contributed by atoms with Crippen LogP contribution in [0.25, 0.3) is 10.8 Å². The molecule has 2 nitrogen and oxygen atoms in total. The molecular weight excluding hydrogens is 258 g/mol. The number of nitrogens with one attached hydrogen (secondary N) is 1. The first-order valence-electron chi connectivity index (χ1n) is 7.93. The molecule has 1 aliphatic rings. The van der Waals surface area contributed by atoms with E-state index in [0.29, 0.717) is 0 Å².